The van der Waals surface area contributed by atoms with Crippen LogP contribution in [0.3, 0.4) is 0 Å². The number of halogens is 2. The van der Waals surface area contributed by atoms with Crippen LogP contribution in [0.4, 0.5) is 14.5 Å². The maximum absolute atomic E-state index is 13.7. The zero-order valence-electron chi connectivity index (χ0n) is 19.8. The molecule has 0 saturated heterocycles. The Morgan fingerprint density at radius 3 is 2.24 bits per heavy atom. The van der Waals surface area contributed by atoms with Crippen LogP contribution in [0.5, 0.6) is 0 Å². The maximum atomic E-state index is 13.7. The highest BCUT2D eigenvalue weighted by Gasteiger charge is 2.28. The second-order valence-corrected chi connectivity index (χ2v) is 9.99. The van der Waals surface area contributed by atoms with Crippen LogP contribution in [0.15, 0.2) is 42.5 Å². The van der Waals surface area contributed by atoms with E-state index in [2.05, 4.69) is 5.32 Å². The van der Waals surface area contributed by atoms with Gasteiger partial charge in [-0.15, -0.1) is 0 Å². The molecule has 0 aromatic heterocycles. The molecule has 0 saturated carbocycles. The van der Waals surface area contributed by atoms with Crippen molar-refractivity contribution in [3.63, 3.8) is 0 Å². The number of carbonyl (C=O) groups excluding carboxylic acids is 2. The van der Waals surface area contributed by atoms with Crippen LogP contribution in [-0.4, -0.2) is 51.0 Å². The number of nitrogens with one attached hydrogen (secondary N) is 1. The molecular weight excluding hydrogens is 464 g/mol. The van der Waals surface area contributed by atoms with Crippen molar-refractivity contribution in [3.8, 4) is 0 Å². The summed E-state index contributed by atoms with van der Waals surface area (Å²) in [5.41, 5.74) is 1.90. The fourth-order valence-electron chi connectivity index (χ4n) is 3.62. The summed E-state index contributed by atoms with van der Waals surface area (Å²) in [7, 11) is -2.30. The van der Waals surface area contributed by atoms with Gasteiger partial charge in [0.25, 0.3) is 0 Å². The van der Waals surface area contributed by atoms with Crippen molar-refractivity contribution in [2.75, 3.05) is 24.2 Å². The third-order valence-corrected chi connectivity index (χ3v) is 6.64. The summed E-state index contributed by atoms with van der Waals surface area (Å²) in [6.45, 7) is 3.88. The lowest BCUT2D eigenvalue weighted by molar-refractivity contribution is -0.141. The quantitative estimate of drug-likeness (QED) is 0.518. The molecule has 2 aromatic rings. The van der Waals surface area contributed by atoms with E-state index in [4.69, 9.17) is 0 Å². The fourth-order valence-corrected chi connectivity index (χ4v) is 4.58. The van der Waals surface area contributed by atoms with Crippen LogP contribution in [0, 0.1) is 18.6 Å². The van der Waals surface area contributed by atoms with E-state index < -0.39 is 27.7 Å². The Balaban J connectivity index is 2.19. The van der Waals surface area contributed by atoms with Crippen LogP contribution >= 0.6 is 0 Å². The van der Waals surface area contributed by atoms with Gasteiger partial charge < -0.3 is 10.2 Å². The maximum Gasteiger partial charge on any atom is 0.242 e. The second-order valence-electron chi connectivity index (χ2n) is 8.08. The van der Waals surface area contributed by atoms with Crippen LogP contribution in [0.25, 0.3) is 0 Å². The molecule has 0 aliphatic rings. The van der Waals surface area contributed by atoms with Crippen LogP contribution in [0.2, 0.25) is 0 Å². The van der Waals surface area contributed by atoms with Crippen LogP contribution < -0.4 is 9.62 Å². The number of anilines is 1. The zero-order valence-corrected chi connectivity index (χ0v) is 20.7. The lowest BCUT2D eigenvalue weighted by Gasteiger charge is -2.31. The van der Waals surface area contributed by atoms with Crippen molar-refractivity contribution in [2.45, 2.75) is 45.7 Å². The van der Waals surface area contributed by atoms with E-state index >= 15 is 0 Å². The average molecular weight is 496 g/mol. The number of hydrogen-bond acceptors (Lipinski definition) is 4. The third kappa shape index (κ3) is 7.24. The highest BCUT2D eigenvalue weighted by atomic mass is 32.2. The van der Waals surface area contributed by atoms with Crippen molar-refractivity contribution >= 4 is 27.5 Å². The summed E-state index contributed by atoms with van der Waals surface area (Å²) in [6.07, 6.45) is 1.45. The van der Waals surface area contributed by atoms with E-state index in [1.807, 2.05) is 38.1 Å². The normalized spacial score (nSPS) is 12.2. The van der Waals surface area contributed by atoms with Gasteiger partial charge in [0.1, 0.15) is 6.04 Å². The van der Waals surface area contributed by atoms with E-state index in [0.717, 1.165) is 33.8 Å². The molecule has 2 rings (SSSR count). The van der Waals surface area contributed by atoms with Gasteiger partial charge in [0.05, 0.1) is 11.9 Å². The van der Waals surface area contributed by atoms with Gasteiger partial charge in [0.15, 0.2) is 11.6 Å². The molecule has 2 aromatic carbocycles. The number of carbonyl (C=O) groups is 2. The highest BCUT2D eigenvalue weighted by Crippen LogP contribution is 2.22. The minimum absolute atomic E-state index is 0.0258. The van der Waals surface area contributed by atoms with Crippen molar-refractivity contribution in [1.82, 2.24) is 10.2 Å². The molecule has 0 spiro atoms. The molecule has 0 bridgehead atoms. The summed E-state index contributed by atoms with van der Waals surface area (Å²) in [6, 6.07) is 9.77. The van der Waals surface area contributed by atoms with E-state index in [1.54, 1.807) is 0 Å². The summed E-state index contributed by atoms with van der Waals surface area (Å²) >= 11 is 0. The van der Waals surface area contributed by atoms with E-state index in [0.29, 0.717) is 6.42 Å². The molecule has 0 radical (unpaired) electrons. The molecule has 34 heavy (non-hydrogen) atoms. The molecule has 0 aliphatic heterocycles. The Kier molecular flexibility index (Phi) is 9.55. The predicted octanol–water partition coefficient (Wildman–Crippen LogP) is 3.37. The van der Waals surface area contributed by atoms with E-state index in [-0.39, 0.29) is 43.4 Å². The minimum Gasteiger partial charge on any atom is -0.357 e. The van der Waals surface area contributed by atoms with Gasteiger partial charge in [-0.2, -0.15) is 0 Å². The van der Waals surface area contributed by atoms with Gasteiger partial charge in [-0.25, -0.2) is 17.2 Å². The summed E-state index contributed by atoms with van der Waals surface area (Å²) in [4.78, 5) is 27.1. The largest absolute Gasteiger partial charge is 0.357 e. The topological polar surface area (TPSA) is 86.8 Å². The Bertz CT molecular complexity index is 1110. The molecule has 2 amide bonds. The summed E-state index contributed by atoms with van der Waals surface area (Å²) in [5.74, 6) is -2.85. The van der Waals surface area contributed by atoms with Gasteiger partial charge in [-0.05, 0) is 37.5 Å². The molecule has 1 atom stereocenters. The SMILES string of the molecule is CCC(C(=O)NC)N(Cc1ccc(C)cc1)C(=O)CCCN(c1ccc(F)c(F)c1)S(C)(=O)=O. The smallest absolute Gasteiger partial charge is 0.242 e. The summed E-state index contributed by atoms with van der Waals surface area (Å²) in [5, 5.41) is 2.59. The molecule has 1 unspecified atom stereocenters. The Morgan fingerprint density at radius 2 is 1.71 bits per heavy atom. The Hall–Kier alpha value is -3.01. The molecule has 10 heteroatoms. The predicted molar refractivity (Wildman–Crippen MR) is 128 cm³/mol. The Labute approximate surface area is 199 Å². The first-order chi connectivity index (χ1) is 16.0. The Morgan fingerprint density at radius 1 is 1.06 bits per heavy atom. The molecule has 1 N–H and O–H groups in total. The molecule has 186 valence electrons. The molecular formula is C24H31F2N3O4S. The first-order valence-corrected chi connectivity index (χ1v) is 12.8. The molecule has 7 nitrogen and oxygen atoms in total. The fraction of sp³-hybridized carbons (Fsp3) is 0.417. The van der Waals surface area contributed by atoms with Gasteiger partial charge in [-0.1, -0.05) is 36.8 Å². The van der Waals surface area contributed by atoms with Crippen molar-refractivity contribution in [2.24, 2.45) is 0 Å². The van der Waals surface area contributed by atoms with E-state index in [9.17, 15) is 26.8 Å². The number of hydrogen-bond donors (Lipinski definition) is 1. The standard InChI is InChI=1S/C24H31F2N3O4S/c1-5-22(24(31)27-3)28(16-18-10-8-17(2)9-11-18)23(30)7-6-14-29(34(4,32)33)19-12-13-20(25)21(26)15-19/h8-13,15,22H,5-7,14,16H2,1-4H3,(H,27,31). The lowest BCUT2D eigenvalue weighted by atomic mass is 10.1. The molecule has 0 aliphatic carbocycles. The van der Waals surface area contributed by atoms with Crippen molar-refractivity contribution in [3.05, 3.63) is 65.2 Å². The van der Waals surface area contributed by atoms with Crippen molar-refractivity contribution in [1.29, 1.82) is 0 Å². The van der Waals surface area contributed by atoms with Gasteiger partial charge >= 0.3 is 0 Å². The van der Waals surface area contributed by atoms with Crippen LogP contribution in [-0.2, 0) is 26.2 Å². The van der Waals surface area contributed by atoms with Crippen LogP contribution in [0.1, 0.15) is 37.3 Å². The number of aryl methyl sites for hydroxylation is 1. The lowest BCUT2D eigenvalue weighted by Crippen LogP contribution is -2.48. The number of likely N-dealkylation sites (N-methyl/N-ethyl adjacent to an activating group) is 1. The molecule has 0 heterocycles. The van der Waals surface area contributed by atoms with Gasteiger partial charge in [-0.3, -0.25) is 13.9 Å². The highest BCUT2D eigenvalue weighted by molar-refractivity contribution is 7.92. The number of benzene rings is 2. The third-order valence-electron chi connectivity index (χ3n) is 5.45. The minimum atomic E-state index is -3.80. The second kappa shape index (κ2) is 11.9. The number of sulfonamides is 1. The number of nitrogens with zero attached hydrogens (tertiary/aromatic N) is 2. The first kappa shape index (κ1) is 27.2. The van der Waals surface area contributed by atoms with Gasteiger partial charge in [0, 0.05) is 32.6 Å². The summed E-state index contributed by atoms with van der Waals surface area (Å²) < 4.78 is 52.4. The average Bonchev–Trinajstić information content (AvgIpc) is 2.78. The monoisotopic (exact) mass is 495 g/mol. The number of rotatable bonds is 11. The van der Waals surface area contributed by atoms with Gasteiger partial charge in [0.2, 0.25) is 21.8 Å². The first-order valence-electron chi connectivity index (χ1n) is 11.0. The zero-order chi connectivity index (χ0) is 25.5. The van der Waals surface area contributed by atoms with Crippen molar-refractivity contribution < 1.29 is 26.8 Å². The van der Waals surface area contributed by atoms with E-state index in [1.165, 1.54) is 18.0 Å². The molecule has 0 fully saturated rings. The number of amides is 2.